The topological polar surface area (TPSA) is 109 Å². The molecule has 0 spiro atoms. The number of piperazine rings is 1. The average Bonchev–Trinajstić information content (AvgIpc) is 3.09. The Balaban J connectivity index is 1.51. The van der Waals surface area contributed by atoms with E-state index in [2.05, 4.69) is 22.5 Å². The van der Waals surface area contributed by atoms with E-state index >= 15 is 0 Å². The summed E-state index contributed by atoms with van der Waals surface area (Å²) in [6.07, 6.45) is 0.0336. The number of nitrogens with zero attached hydrogens (tertiary/aromatic N) is 5. The van der Waals surface area contributed by atoms with Crippen molar-refractivity contribution >= 4 is 36.2 Å². The number of hydrogen-bond acceptors (Lipinski definition) is 7. The zero-order chi connectivity index (χ0) is 23.4. The summed E-state index contributed by atoms with van der Waals surface area (Å²) in [6.45, 7) is 6.26. The molecule has 0 unspecified atom stereocenters. The maximum atomic E-state index is 13.0. The van der Waals surface area contributed by atoms with Crippen LogP contribution in [0, 0.1) is 10.1 Å². The summed E-state index contributed by atoms with van der Waals surface area (Å²) in [5.41, 5.74) is 0.614. The second-order valence-corrected chi connectivity index (χ2v) is 9.04. The lowest BCUT2D eigenvalue weighted by Gasteiger charge is -2.42. The van der Waals surface area contributed by atoms with Gasteiger partial charge < -0.3 is 14.5 Å². The Hall–Kier alpha value is -2.66. The van der Waals surface area contributed by atoms with Crippen LogP contribution < -0.4 is 0 Å². The molecule has 10 nitrogen and oxygen atoms in total. The van der Waals surface area contributed by atoms with Gasteiger partial charge >= 0.3 is 6.09 Å². The van der Waals surface area contributed by atoms with Crippen LogP contribution in [0.25, 0.3) is 0 Å². The van der Waals surface area contributed by atoms with E-state index in [4.69, 9.17) is 4.74 Å². The fraction of sp³-hybridized carbons (Fsp3) is 0.571. The van der Waals surface area contributed by atoms with Crippen molar-refractivity contribution in [3.8, 4) is 0 Å². The molecule has 0 aromatic heterocycles. The van der Waals surface area contributed by atoms with Crippen molar-refractivity contribution < 1.29 is 19.2 Å². The van der Waals surface area contributed by atoms with Crippen molar-refractivity contribution in [1.82, 2.24) is 14.7 Å². The van der Waals surface area contributed by atoms with Crippen LogP contribution in [0.1, 0.15) is 25.8 Å². The smallest absolute Gasteiger partial charge is 0.435 e. The highest BCUT2D eigenvalue weighted by molar-refractivity contribution is 7.81. The molecule has 3 rings (SSSR count). The Bertz CT molecular complexity index is 893. The zero-order valence-electron chi connectivity index (χ0n) is 18.5. The maximum Gasteiger partial charge on any atom is 0.435 e. The second-order valence-electron chi connectivity index (χ2n) is 8.31. The highest BCUT2D eigenvalue weighted by Crippen LogP contribution is 2.23. The van der Waals surface area contributed by atoms with E-state index in [1.54, 1.807) is 6.92 Å². The monoisotopic (exact) mass is 463 g/mol. The SMILES string of the molecule is CC(=NC(=O)OCc1ccc([N+](=O)[O-])cc1)N1CCN(C(=O)[C@@H]2C[C@H](S)CN2C)[C@@H](C)C1. The Morgan fingerprint density at radius 1 is 1.25 bits per heavy atom. The predicted molar refractivity (Wildman–Crippen MR) is 123 cm³/mol. The highest BCUT2D eigenvalue weighted by Gasteiger charge is 2.38. The summed E-state index contributed by atoms with van der Waals surface area (Å²) in [5, 5.41) is 10.9. The van der Waals surface area contributed by atoms with E-state index in [1.165, 1.54) is 24.3 Å². The number of benzene rings is 1. The van der Waals surface area contributed by atoms with Crippen LogP contribution in [0.5, 0.6) is 0 Å². The lowest BCUT2D eigenvalue weighted by atomic mass is 10.1. The number of non-ortho nitro benzene ring substituents is 1. The molecule has 3 atom stereocenters. The molecule has 2 amide bonds. The summed E-state index contributed by atoms with van der Waals surface area (Å²) >= 11 is 4.51. The first kappa shape index (κ1) is 24.0. The first-order valence-corrected chi connectivity index (χ1v) is 11.1. The van der Waals surface area contributed by atoms with Crippen LogP contribution >= 0.6 is 12.6 Å². The molecule has 174 valence electrons. The van der Waals surface area contributed by atoms with E-state index in [-0.39, 0.29) is 35.5 Å². The van der Waals surface area contributed by atoms with Gasteiger partial charge in [-0.3, -0.25) is 19.8 Å². The molecule has 1 aromatic rings. The number of amidine groups is 1. The van der Waals surface area contributed by atoms with Crippen molar-refractivity contribution in [2.75, 3.05) is 33.2 Å². The minimum absolute atomic E-state index is 0.00935. The number of carbonyl (C=O) groups is 2. The summed E-state index contributed by atoms with van der Waals surface area (Å²) in [7, 11) is 1.96. The van der Waals surface area contributed by atoms with E-state index < -0.39 is 11.0 Å². The van der Waals surface area contributed by atoms with Crippen molar-refractivity contribution in [1.29, 1.82) is 0 Å². The lowest BCUT2D eigenvalue weighted by Crippen LogP contribution is -2.58. The molecule has 2 aliphatic rings. The molecule has 2 heterocycles. The van der Waals surface area contributed by atoms with Crippen molar-refractivity contribution in [2.24, 2.45) is 4.99 Å². The third-order valence-electron chi connectivity index (χ3n) is 5.94. The molecular weight excluding hydrogens is 434 g/mol. The van der Waals surface area contributed by atoms with Gasteiger partial charge in [0.15, 0.2) is 0 Å². The first-order chi connectivity index (χ1) is 15.2. The van der Waals surface area contributed by atoms with Gasteiger partial charge in [0.2, 0.25) is 5.91 Å². The zero-order valence-corrected chi connectivity index (χ0v) is 19.4. The molecule has 2 saturated heterocycles. The van der Waals surface area contributed by atoms with Crippen LogP contribution in [-0.2, 0) is 16.1 Å². The number of rotatable bonds is 4. The van der Waals surface area contributed by atoms with Gasteiger partial charge in [-0.1, -0.05) is 0 Å². The minimum Gasteiger partial charge on any atom is -0.443 e. The first-order valence-electron chi connectivity index (χ1n) is 10.5. The molecule has 2 aliphatic heterocycles. The molecule has 2 fully saturated rings. The number of thiol groups is 1. The second kappa shape index (κ2) is 10.3. The number of likely N-dealkylation sites (N-methyl/N-ethyl adjacent to an activating group) is 1. The van der Waals surface area contributed by atoms with E-state index in [9.17, 15) is 19.7 Å². The number of nitro groups is 1. The Morgan fingerprint density at radius 3 is 2.50 bits per heavy atom. The van der Waals surface area contributed by atoms with E-state index in [1.807, 2.05) is 23.8 Å². The fourth-order valence-electron chi connectivity index (χ4n) is 4.13. The van der Waals surface area contributed by atoms with Crippen LogP contribution in [0.4, 0.5) is 10.5 Å². The molecule has 11 heteroatoms. The van der Waals surface area contributed by atoms with Gasteiger partial charge in [-0.15, -0.1) is 0 Å². The number of likely N-dealkylation sites (tertiary alicyclic amines) is 1. The van der Waals surface area contributed by atoms with Crippen LogP contribution in [0.2, 0.25) is 0 Å². The van der Waals surface area contributed by atoms with Gasteiger partial charge in [0.25, 0.3) is 5.69 Å². The van der Waals surface area contributed by atoms with Gasteiger partial charge in [0.1, 0.15) is 12.4 Å². The minimum atomic E-state index is -0.723. The van der Waals surface area contributed by atoms with Gasteiger partial charge in [0.05, 0.1) is 11.0 Å². The number of nitro benzene ring substituents is 1. The largest absolute Gasteiger partial charge is 0.443 e. The van der Waals surface area contributed by atoms with Gasteiger partial charge in [-0.05, 0) is 45.0 Å². The Labute approximate surface area is 192 Å². The maximum absolute atomic E-state index is 13.0. The van der Waals surface area contributed by atoms with E-state index in [0.717, 1.165) is 13.0 Å². The molecular formula is C21H29N5O5S. The number of amides is 2. The van der Waals surface area contributed by atoms with Crippen molar-refractivity contribution in [3.63, 3.8) is 0 Å². The summed E-state index contributed by atoms with van der Waals surface area (Å²) in [5.74, 6) is 0.666. The predicted octanol–water partition coefficient (Wildman–Crippen LogP) is 2.18. The number of carbonyl (C=O) groups excluding carboxylic acids is 2. The molecule has 0 N–H and O–H groups in total. The number of hydrogen-bond donors (Lipinski definition) is 1. The van der Waals surface area contributed by atoms with Gasteiger partial charge in [-0.25, -0.2) is 4.79 Å². The molecule has 0 aliphatic carbocycles. The summed E-state index contributed by atoms with van der Waals surface area (Å²) in [6, 6.07) is 5.66. The molecule has 0 radical (unpaired) electrons. The average molecular weight is 464 g/mol. The molecule has 0 saturated carbocycles. The normalized spacial score (nSPS) is 24.5. The highest BCUT2D eigenvalue weighted by atomic mass is 32.1. The number of aliphatic imine (C=N–C) groups is 1. The van der Waals surface area contributed by atoms with Gasteiger partial charge in [0, 0.05) is 49.6 Å². The third kappa shape index (κ3) is 5.77. The van der Waals surface area contributed by atoms with Crippen LogP contribution in [0.15, 0.2) is 29.3 Å². The molecule has 0 bridgehead atoms. The molecule has 32 heavy (non-hydrogen) atoms. The van der Waals surface area contributed by atoms with Crippen molar-refractivity contribution in [2.45, 2.75) is 44.2 Å². The van der Waals surface area contributed by atoms with Crippen LogP contribution in [-0.4, -0.2) is 88.0 Å². The third-order valence-corrected chi connectivity index (χ3v) is 6.32. The quantitative estimate of drug-likeness (QED) is 0.240. The van der Waals surface area contributed by atoms with Crippen molar-refractivity contribution in [3.05, 3.63) is 39.9 Å². The lowest BCUT2D eigenvalue weighted by molar-refractivity contribution is -0.384. The summed E-state index contributed by atoms with van der Waals surface area (Å²) in [4.78, 5) is 45.3. The summed E-state index contributed by atoms with van der Waals surface area (Å²) < 4.78 is 5.17. The van der Waals surface area contributed by atoms with Gasteiger partial charge in [-0.2, -0.15) is 17.6 Å². The fourth-order valence-corrected chi connectivity index (χ4v) is 4.58. The van der Waals surface area contributed by atoms with E-state index in [0.29, 0.717) is 31.0 Å². The Morgan fingerprint density at radius 2 is 1.94 bits per heavy atom. The molecule has 1 aromatic carbocycles. The standard InChI is InChI=1S/C21H29N5O5S/c1-14-11-24(8-9-25(14)20(27)19-10-18(32)12-23(19)3)15(2)22-21(28)31-13-16-4-6-17(7-5-16)26(29)30/h4-7,14,18-19,32H,8-13H2,1-3H3/t14-,18-,19-/m0/s1. The number of ether oxygens (including phenoxy) is 1. The Kier molecular flexibility index (Phi) is 7.73. The van der Waals surface area contributed by atoms with Crippen LogP contribution in [0.3, 0.4) is 0 Å².